The topological polar surface area (TPSA) is 37.3 Å². The lowest BCUT2D eigenvalue weighted by Gasteiger charge is -2.06. The first kappa shape index (κ1) is 9.82. The van der Waals surface area contributed by atoms with E-state index < -0.39 is 5.97 Å². The molecule has 1 N–H and O–H groups in total. The maximum atomic E-state index is 10.5. The average Bonchev–Trinajstić information content (AvgIpc) is 1.81. The van der Waals surface area contributed by atoms with Crippen molar-refractivity contribution in [2.75, 3.05) is 12.5 Å². The first-order valence-corrected chi connectivity index (χ1v) is 5.49. The van der Waals surface area contributed by atoms with Crippen LogP contribution in [0.1, 0.15) is 19.8 Å². The van der Waals surface area contributed by atoms with Gasteiger partial charge in [0.15, 0.2) is 0 Å². The molecule has 0 amide bonds. The van der Waals surface area contributed by atoms with Crippen molar-refractivity contribution >= 4 is 16.9 Å². The lowest BCUT2D eigenvalue weighted by molar-refractivity contribution is -0.136. The Balaban J connectivity index is 3.85. The molecule has 0 aromatic carbocycles. The van der Waals surface area contributed by atoms with Crippen molar-refractivity contribution in [1.82, 2.24) is 0 Å². The monoisotopic (exact) mass is 163 g/mol. The summed E-state index contributed by atoms with van der Waals surface area (Å²) in [5, 5.41) is 8.56. The van der Waals surface area contributed by atoms with Crippen LogP contribution in [-0.4, -0.2) is 28.8 Å². The van der Waals surface area contributed by atoms with Gasteiger partial charge in [0.1, 0.15) is 0 Å². The van der Waals surface area contributed by atoms with Gasteiger partial charge >= 0.3 is 5.97 Å². The summed E-state index contributed by atoms with van der Waals surface area (Å²) in [5.41, 5.74) is 0. The maximum absolute atomic E-state index is 10.5. The van der Waals surface area contributed by atoms with Gasteiger partial charge in [-0.1, -0.05) is 13.3 Å². The summed E-state index contributed by atoms with van der Waals surface area (Å²) in [6, 6.07) is 0. The quantitative estimate of drug-likeness (QED) is 0.630. The number of carboxylic acid groups (broad SMARTS) is 1. The van der Waals surface area contributed by atoms with E-state index in [0.717, 1.165) is 12.8 Å². The van der Waals surface area contributed by atoms with Crippen molar-refractivity contribution in [3.8, 4) is 0 Å². The summed E-state index contributed by atoms with van der Waals surface area (Å²) in [6.07, 6.45) is 5.73. The zero-order valence-electron chi connectivity index (χ0n) is 6.76. The van der Waals surface area contributed by atoms with Crippen LogP contribution in [0.4, 0.5) is 0 Å². The number of hydrogen-bond acceptors (Lipinski definition) is 1. The first-order valence-electron chi connectivity index (χ1n) is 3.38. The Bertz CT molecular complexity index is 112. The van der Waals surface area contributed by atoms with Gasteiger partial charge in [-0.15, -0.1) is 0 Å². The Labute approximate surface area is 65.0 Å². The molecule has 0 saturated heterocycles. The Hall–Kier alpha value is -0.180. The fourth-order valence-electron chi connectivity index (χ4n) is 0.823. The molecule has 1 atom stereocenters. The number of hydrogen-bond donors (Lipinski definition) is 1. The minimum atomic E-state index is -0.643. The summed E-state index contributed by atoms with van der Waals surface area (Å²) in [5.74, 6) is -0.643. The average molecular weight is 163 g/mol. The third kappa shape index (κ3) is 3.11. The lowest BCUT2D eigenvalue weighted by atomic mass is 10.2. The molecular formula is C7H15O2S+. The standard InChI is InChI=1S/C7H14O2S/c1-4-5-6(7(8)9)10(2)3/h6H,4-5H2,1-3H3/p+1. The van der Waals surface area contributed by atoms with Gasteiger partial charge in [-0.05, 0) is 10.9 Å². The van der Waals surface area contributed by atoms with Crippen LogP contribution in [0.25, 0.3) is 0 Å². The fraction of sp³-hybridized carbons (Fsp3) is 0.857. The van der Waals surface area contributed by atoms with Crippen LogP contribution in [0.5, 0.6) is 0 Å². The van der Waals surface area contributed by atoms with Gasteiger partial charge in [-0.25, -0.2) is 4.79 Å². The normalized spacial score (nSPS) is 13.6. The Kier molecular flexibility index (Phi) is 4.52. The van der Waals surface area contributed by atoms with Crippen LogP contribution in [0.2, 0.25) is 0 Å². The van der Waals surface area contributed by atoms with Crippen molar-refractivity contribution < 1.29 is 9.90 Å². The van der Waals surface area contributed by atoms with E-state index in [-0.39, 0.29) is 16.1 Å². The van der Waals surface area contributed by atoms with Crippen LogP contribution in [0, 0.1) is 0 Å². The molecule has 0 saturated carbocycles. The third-order valence-electron chi connectivity index (χ3n) is 1.40. The van der Waals surface area contributed by atoms with Gasteiger partial charge < -0.3 is 5.11 Å². The van der Waals surface area contributed by atoms with Gasteiger partial charge in [0.2, 0.25) is 5.25 Å². The third-order valence-corrected chi connectivity index (χ3v) is 2.97. The van der Waals surface area contributed by atoms with Gasteiger partial charge in [-0.3, -0.25) is 0 Å². The molecule has 0 fully saturated rings. The zero-order chi connectivity index (χ0) is 8.15. The highest BCUT2D eigenvalue weighted by atomic mass is 32.2. The van der Waals surface area contributed by atoms with Crippen LogP contribution >= 0.6 is 0 Å². The smallest absolute Gasteiger partial charge is 0.356 e. The highest BCUT2D eigenvalue weighted by Gasteiger charge is 2.27. The van der Waals surface area contributed by atoms with E-state index in [4.69, 9.17) is 5.11 Å². The second kappa shape index (κ2) is 4.61. The van der Waals surface area contributed by atoms with E-state index in [1.165, 1.54) is 0 Å². The molecule has 0 heterocycles. The molecule has 0 bridgehead atoms. The molecule has 0 aromatic rings. The van der Waals surface area contributed by atoms with Gasteiger partial charge in [0, 0.05) is 6.42 Å². The fourth-order valence-corrected chi connectivity index (χ4v) is 1.93. The molecule has 0 aromatic heterocycles. The Morgan fingerprint density at radius 3 is 2.20 bits per heavy atom. The molecule has 0 aliphatic rings. The largest absolute Gasteiger partial charge is 0.478 e. The molecule has 0 aliphatic heterocycles. The van der Waals surface area contributed by atoms with Gasteiger partial charge in [0.25, 0.3) is 0 Å². The van der Waals surface area contributed by atoms with E-state index in [0.29, 0.717) is 0 Å². The van der Waals surface area contributed by atoms with E-state index >= 15 is 0 Å². The van der Waals surface area contributed by atoms with Crippen LogP contribution in [0.15, 0.2) is 0 Å². The molecule has 60 valence electrons. The SMILES string of the molecule is CCCC(C(=O)O)[S+](C)C. The van der Waals surface area contributed by atoms with E-state index in [1.54, 1.807) is 0 Å². The molecular weight excluding hydrogens is 148 g/mol. The highest BCUT2D eigenvalue weighted by Crippen LogP contribution is 2.07. The van der Waals surface area contributed by atoms with Gasteiger partial charge in [-0.2, -0.15) is 0 Å². The van der Waals surface area contributed by atoms with Crippen molar-refractivity contribution in [1.29, 1.82) is 0 Å². The summed E-state index contributed by atoms with van der Waals surface area (Å²) in [7, 11) is 0.0171. The second-order valence-electron chi connectivity index (χ2n) is 2.50. The van der Waals surface area contributed by atoms with Crippen molar-refractivity contribution in [3.63, 3.8) is 0 Å². The number of carbonyl (C=O) groups is 1. The van der Waals surface area contributed by atoms with Crippen LogP contribution in [-0.2, 0) is 15.7 Å². The minimum Gasteiger partial charge on any atom is -0.478 e. The maximum Gasteiger partial charge on any atom is 0.356 e. The van der Waals surface area contributed by atoms with Crippen LogP contribution in [0.3, 0.4) is 0 Å². The summed E-state index contributed by atoms with van der Waals surface area (Å²) in [4.78, 5) is 10.5. The summed E-state index contributed by atoms with van der Waals surface area (Å²) >= 11 is 0. The molecule has 0 aliphatic carbocycles. The van der Waals surface area contributed by atoms with Crippen molar-refractivity contribution in [2.24, 2.45) is 0 Å². The molecule has 0 rings (SSSR count). The summed E-state index contributed by atoms with van der Waals surface area (Å²) in [6.45, 7) is 2.02. The van der Waals surface area contributed by atoms with Crippen molar-refractivity contribution in [2.45, 2.75) is 25.0 Å². The number of rotatable bonds is 4. The van der Waals surface area contributed by atoms with E-state index in [1.807, 2.05) is 19.4 Å². The Morgan fingerprint density at radius 2 is 2.10 bits per heavy atom. The second-order valence-corrected chi connectivity index (χ2v) is 4.82. The van der Waals surface area contributed by atoms with Crippen LogP contribution < -0.4 is 0 Å². The lowest BCUT2D eigenvalue weighted by Crippen LogP contribution is -2.28. The Morgan fingerprint density at radius 1 is 1.60 bits per heavy atom. The molecule has 0 radical (unpaired) electrons. The predicted molar refractivity (Wildman–Crippen MR) is 45.5 cm³/mol. The molecule has 10 heavy (non-hydrogen) atoms. The number of carboxylic acids is 1. The predicted octanol–water partition coefficient (Wildman–Crippen LogP) is 1.12. The zero-order valence-corrected chi connectivity index (χ0v) is 7.57. The number of aliphatic carboxylic acids is 1. The molecule has 1 unspecified atom stereocenters. The minimum absolute atomic E-state index is 0.0171. The highest BCUT2D eigenvalue weighted by molar-refractivity contribution is 7.96. The first-order chi connectivity index (χ1) is 4.59. The molecule has 3 heteroatoms. The molecule has 2 nitrogen and oxygen atoms in total. The van der Waals surface area contributed by atoms with E-state index in [9.17, 15) is 4.79 Å². The van der Waals surface area contributed by atoms with Crippen molar-refractivity contribution in [3.05, 3.63) is 0 Å². The van der Waals surface area contributed by atoms with Gasteiger partial charge in [0.05, 0.1) is 12.5 Å². The molecule has 0 spiro atoms. The summed E-state index contributed by atoms with van der Waals surface area (Å²) < 4.78 is 0. The van der Waals surface area contributed by atoms with E-state index in [2.05, 4.69) is 0 Å².